The summed E-state index contributed by atoms with van der Waals surface area (Å²) in [6.07, 6.45) is 1.55. The lowest BCUT2D eigenvalue weighted by Gasteiger charge is -2.23. The van der Waals surface area contributed by atoms with Crippen LogP contribution in [-0.4, -0.2) is 34.6 Å². The summed E-state index contributed by atoms with van der Waals surface area (Å²) in [6.45, 7) is 2.24. The molecule has 8 heteroatoms. The van der Waals surface area contributed by atoms with E-state index in [1.807, 2.05) is 18.2 Å². The number of rotatable bonds is 3. The van der Waals surface area contributed by atoms with Crippen molar-refractivity contribution in [1.29, 1.82) is 0 Å². The first-order valence-corrected chi connectivity index (χ1v) is 9.66. The molecule has 1 unspecified atom stereocenters. The maximum absolute atomic E-state index is 12.9. The largest absolute Gasteiger partial charge is 0.337 e. The Morgan fingerprint density at radius 2 is 2.09 bits per heavy atom. The molecule has 5 nitrogen and oxygen atoms in total. The molecule has 1 saturated heterocycles. The van der Waals surface area contributed by atoms with Crippen LogP contribution < -0.4 is 0 Å². The van der Waals surface area contributed by atoms with Crippen LogP contribution in [0.2, 0.25) is 5.02 Å². The van der Waals surface area contributed by atoms with E-state index in [0.29, 0.717) is 17.4 Å². The molecule has 0 N–H and O–H groups in total. The molecule has 3 rings (SSSR count). The molecule has 0 amide bonds. The smallest absolute Gasteiger partial charge is 0.263 e. The van der Waals surface area contributed by atoms with Crippen LogP contribution in [0.4, 0.5) is 0 Å². The van der Waals surface area contributed by atoms with Crippen LogP contribution in [0.15, 0.2) is 35.5 Å². The Labute approximate surface area is 139 Å². The van der Waals surface area contributed by atoms with Gasteiger partial charge in [-0.05, 0) is 18.6 Å². The van der Waals surface area contributed by atoms with Crippen molar-refractivity contribution >= 4 is 33.4 Å². The molecule has 0 aliphatic carbocycles. The first-order chi connectivity index (χ1) is 10.4. The van der Waals surface area contributed by atoms with Crippen LogP contribution in [-0.2, 0) is 17.1 Å². The Morgan fingerprint density at radius 3 is 2.73 bits per heavy atom. The number of benzene rings is 1. The van der Waals surface area contributed by atoms with Crippen molar-refractivity contribution in [2.45, 2.75) is 17.3 Å². The van der Waals surface area contributed by atoms with E-state index in [1.165, 1.54) is 4.31 Å². The Kier molecular flexibility index (Phi) is 4.24. The van der Waals surface area contributed by atoms with Crippen LogP contribution in [0.1, 0.15) is 16.8 Å². The highest BCUT2D eigenvalue weighted by atomic mass is 35.5. The highest BCUT2D eigenvalue weighted by molar-refractivity contribution is 8.01. The van der Waals surface area contributed by atoms with Crippen LogP contribution in [0, 0.1) is 6.92 Å². The molecule has 1 aromatic heterocycles. The topological polar surface area (TPSA) is 55.2 Å². The second kappa shape index (κ2) is 5.88. The molecule has 22 heavy (non-hydrogen) atoms. The van der Waals surface area contributed by atoms with E-state index in [0.717, 1.165) is 11.3 Å². The second-order valence-electron chi connectivity index (χ2n) is 5.10. The fourth-order valence-corrected chi connectivity index (χ4v) is 5.99. The van der Waals surface area contributed by atoms with E-state index in [9.17, 15) is 8.42 Å². The SMILES string of the molecule is Cc1nc(S(=O)(=O)N2CCSC2c2ccccc2Cl)cn1C. The maximum Gasteiger partial charge on any atom is 0.263 e. The number of aryl methyl sites for hydroxylation is 2. The zero-order valence-corrected chi connectivity index (χ0v) is 14.6. The summed E-state index contributed by atoms with van der Waals surface area (Å²) < 4.78 is 29.0. The van der Waals surface area contributed by atoms with Crippen molar-refractivity contribution in [2.75, 3.05) is 12.3 Å². The molecule has 1 aromatic carbocycles. The number of hydrogen-bond donors (Lipinski definition) is 0. The number of halogens is 1. The molecule has 0 bridgehead atoms. The van der Waals surface area contributed by atoms with Gasteiger partial charge in [0.05, 0.1) is 5.37 Å². The van der Waals surface area contributed by atoms with Gasteiger partial charge in [0.25, 0.3) is 10.0 Å². The first-order valence-electron chi connectivity index (χ1n) is 6.79. The van der Waals surface area contributed by atoms with Gasteiger partial charge < -0.3 is 4.57 Å². The third-order valence-corrected chi connectivity index (χ3v) is 7.14. The minimum Gasteiger partial charge on any atom is -0.337 e. The molecule has 0 saturated carbocycles. The molecule has 0 spiro atoms. The van der Waals surface area contributed by atoms with E-state index in [2.05, 4.69) is 4.98 Å². The fourth-order valence-electron chi connectivity index (χ4n) is 2.39. The van der Waals surface area contributed by atoms with E-state index in [-0.39, 0.29) is 10.4 Å². The van der Waals surface area contributed by atoms with Crippen molar-refractivity contribution in [3.8, 4) is 0 Å². The standard InChI is InChI=1S/C14H16ClN3O2S2/c1-10-16-13(9-17(10)2)22(19,20)18-7-8-21-14(18)11-5-3-4-6-12(11)15/h3-6,9,14H,7-8H2,1-2H3. The Bertz CT molecular complexity index is 785. The highest BCUT2D eigenvalue weighted by Crippen LogP contribution is 2.43. The Morgan fingerprint density at radius 1 is 1.36 bits per heavy atom. The lowest BCUT2D eigenvalue weighted by atomic mass is 10.2. The quantitative estimate of drug-likeness (QED) is 0.847. The molecule has 2 aromatic rings. The molecule has 0 radical (unpaired) electrons. The number of nitrogens with zero attached hydrogens (tertiary/aromatic N) is 3. The van der Waals surface area contributed by atoms with Gasteiger partial charge in [-0.15, -0.1) is 11.8 Å². The van der Waals surface area contributed by atoms with Gasteiger partial charge in [0, 0.05) is 30.6 Å². The zero-order valence-electron chi connectivity index (χ0n) is 12.2. The maximum atomic E-state index is 12.9. The average molecular weight is 358 g/mol. The third kappa shape index (κ3) is 2.67. The van der Waals surface area contributed by atoms with Crippen molar-refractivity contribution in [3.63, 3.8) is 0 Å². The number of aromatic nitrogens is 2. The Balaban J connectivity index is 2.01. The van der Waals surface area contributed by atoms with Gasteiger partial charge in [0.15, 0.2) is 5.03 Å². The van der Waals surface area contributed by atoms with Crippen molar-refractivity contribution in [2.24, 2.45) is 7.05 Å². The predicted octanol–water partition coefficient (Wildman–Crippen LogP) is 2.82. The second-order valence-corrected chi connectivity index (χ2v) is 8.53. The van der Waals surface area contributed by atoms with Gasteiger partial charge in [0.1, 0.15) is 5.82 Å². The molecular weight excluding hydrogens is 342 g/mol. The lowest BCUT2D eigenvalue weighted by molar-refractivity contribution is 0.432. The van der Waals surface area contributed by atoms with Gasteiger partial charge in [0.2, 0.25) is 0 Å². The molecular formula is C14H16ClN3O2S2. The minimum absolute atomic E-state index is 0.0899. The highest BCUT2D eigenvalue weighted by Gasteiger charge is 2.38. The van der Waals surface area contributed by atoms with E-state index in [4.69, 9.17) is 11.6 Å². The van der Waals surface area contributed by atoms with Gasteiger partial charge in [-0.2, -0.15) is 4.31 Å². The lowest BCUT2D eigenvalue weighted by Crippen LogP contribution is -2.31. The zero-order chi connectivity index (χ0) is 15.9. The summed E-state index contributed by atoms with van der Waals surface area (Å²) in [7, 11) is -1.85. The van der Waals surface area contributed by atoms with E-state index < -0.39 is 10.0 Å². The average Bonchev–Trinajstić information content (AvgIpc) is 3.08. The van der Waals surface area contributed by atoms with E-state index >= 15 is 0 Å². The molecule has 118 valence electrons. The monoisotopic (exact) mass is 357 g/mol. The van der Waals surface area contributed by atoms with E-state index in [1.54, 1.807) is 42.6 Å². The molecule has 1 aliphatic heterocycles. The minimum atomic E-state index is -3.63. The summed E-state index contributed by atoms with van der Waals surface area (Å²) >= 11 is 7.82. The molecule has 1 fully saturated rings. The first kappa shape index (κ1) is 15.9. The van der Waals surface area contributed by atoms with Gasteiger partial charge in [-0.3, -0.25) is 0 Å². The Hall–Kier alpha value is -1.02. The van der Waals surface area contributed by atoms with Crippen LogP contribution >= 0.6 is 23.4 Å². The van der Waals surface area contributed by atoms with Crippen LogP contribution in [0.3, 0.4) is 0 Å². The summed E-state index contributed by atoms with van der Waals surface area (Å²) in [6, 6.07) is 7.37. The number of thioether (sulfide) groups is 1. The third-order valence-electron chi connectivity index (χ3n) is 3.68. The molecule has 1 aliphatic rings. The number of sulfonamides is 1. The predicted molar refractivity (Wildman–Crippen MR) is 88.5 cm³/mol. The van der Waals surface area contributed by atoms with Gasteiger partial charge in [-0.1, -0.05) is 29.8 Å². The number of imidazole rings is 1. The summed E-state index contributed by atoms with van der Waals surface area (Å²) in [5.41, 5.74) is 0.822. The summed E-state index contributed by atoms with van der Waals surface area (Å²) in [5, 5.41) is 0.368. The number of hydrogen-bond acceptors (Lipinski definition) is 4. The van der Waals surface area contributed by atoms with Crippen molar-refractivity contribution in [3.05, 3.63) is 46.9 Å². The van der Waals surface area contributed by atoms with Crippen LogP contribution in [0.25, 0.3) is 0 Å². The normalized spacial score (nSPS) is 19.7. The van der Waals surface area contributed by atoms with Crippen molar-refractivity contribution < 1.29 is 8.42 Å². The molecule has 1 atom stereocenters. The summed E-state index contributed by atoms with van der Waals surface area (Å²) in [4.78, 5) is 4.17. The van der Waals surface area contributed by atoms with Gasteiger partial charge >= 0.3 is 0 Å². The van der Waals surface area contributed by atoms with Crippen molar-refractivity contribution in [1.82, 2.24) is 13.9 Å². The van der Waals surface area contributed by atoms with Crippen LogP contribution in [0.5, 0.6) is 0 Å². The van der Waals surface area contributed by atoms with Gasteiger partial charge in [-0.25, -0.2) is 13.4 Å². The molecule has 2 heterocycles. The summed E-state index contributed by atoms with van der Waals surface area (Å²) in [5.74, 6) is 1.40. The fraction of sp³-hybridized carbons (Fsp3) is 0.357.